The molecule has 1 aliphatic rings. The lowest BCUT2D eigenvalue weighted by molar-refractivity contribution is 0.0736. The van der Waals surface area contributed by atoms with Gasteiger partial charge in [-0.25, -0.2) is 19.0 Å². The fourth-order valence-electron chi connectivity index (χ4n) is 3.35. The van der Waals surface area contributed by atoms with Crippen LogP contribution in [0.4, 0.5) is 4.39 Å². The van der Waals surface area contributed by atoms with Crippen molar-refractivity contribution in [2.24, 2.45) is 0 Å². The minimum absolute atomic E-state index is 0.0731. The molecule has 6 nitrogen and oxygen atoms in total. The van der Waals surface area contributed by atoms with Crippen molar-refractivity contribution in [1.29, 1.82) is 0 Å². The first-order valence-corrected chi connectivity index (χ1v) is 9.99. The van der Waals surface area contributed by atoms with Crippen molar-refractivity contribution in [1.82, 2.24) is 24.6 Å². The van der Waals surface area contributed by atoms with Crippen molar-refractivity contribution in [3.63, 3.8) is 0 Å². The average molecular weight is 405 g/mol. The predicted molar refractivity (Wildman–Crippen MR) is 107 cm³/mol. The van der Waals surface area contributed by atoms with E-state index in [1.807, 2.05) is 6.07 Å². The molecule has 0 radical (unpaired) electrons. The Bertz CT molecular complexity index is 1170. The second-order valence-electron chi connectivity index (χ2n) is 6.70. The number of fused-ring (bicyclic) bond motifs is 1. The molecule has 3 aromatic heterocycles. The molecule has 4 aromatic rings. The van der Waals surface area contributed by atoms with Crippen LogP contribution < -0.4 is 0 Å². The van der Waals surface area contributed by atoms with E-state index in [2.05, 4.69) is 15.1 Å². The topological polar surface area (TPSA) is 63.9 Å². The fourth-order valence-corrected chi connectivity index (χ4v) is 4.50. The second kappa shape index (κ2) is 7.21. The highest BCUT2D eigenvalue weighted by Crippen LogP contribution is 2.33. The number of pyridine rings is 1. The molecule has 1 aliphatic heterocycles. The number of benzene rings is 1. The van der Waals surface area contributed by atoms with E-state index >= 15 is 0 Å². The highest BCUT2D eigenvalue weighted by molar-refractivity contribution is 7.15. The van der Waals surface area contributed by atoms with E-state index < -0.39 is 0 Å². The zero-order valence-electron chi connectivity index (χ0n) is 15.3. The van der Waals surface area contributed by atoms with Gasteiger partial charge in [0.15, 0.2) is 5.82 Å². The summed E-state index contributed by atoms with van der Waals surface area (Å²) in [6.45, 7) is 1.05. The van der Waals surface area contributed by atoms with Gasteiger partial charge < -0.3 is 4.90 Å². The van der Waals surface area contributed by atoms with Crippen molar-refractivity contribution in [3.05, 3.63) is 83.0 Å². The molecule has 1 amide bonds. The number of nitrogens with zero attached hydrogens (tertiary/aromatic N) is 5. The van der Waals surface area contributed by atoms with Crippen molar-refractivity contribution >= 4 is 17.2 Å². The van der Waals surface area contributed by atoms with Gasteiger partial charge in [0.2, 0.25) is 0 Å². The second-order valence-corrected chi connectivity index (χ2v) is 7.78. The summed E-state index contributed by atoms with van der Waals surface area (Å²) in [5, 5.41) is 4.80. The van der Waals surface area contributed by atoms with Crippen LogP contribution in [0.1, 0.15) is 20.9 Å². The quantitative estimate of drug-likeness (QED) is 0.521. The molecule has 0 saturated heterocycles. The van der Waals surface area contributed by atoms with E-state index in [4.69, 9.17) is 0 Å². The molecule has 1 aromatic carbocycles. The SMILES string of the molecule is O=C(c1ccc(-n2cccn2)nc1)N1CCc2nc(-c3ccccc3F)sc2C1. The fraction of sp³-hybridized carbons (Fsp3) is 0.143. The van der Waals surface area contributed by atoms with Gasteiger partial charge in [-0.2, -0.15) is 5.10 Å². The van der Waals surface area contributed by atoms with Crippen LogP contribution in [0, 0.1) is 5.82 Å². The summed E-state index contributed by atoms with van der Waals surface area (Å²) in [6, 6.07) is 12.0. The van der Waals surface area contributed by atoms with Crippen LogP contribution in [-0.2, 0) is 13.0 Å². The summed E-state index contributed by atoms with van der Waals surface area (Å²) in [5.41, 5.74) is 1.98. The van der Waals surface area contributed by atoms with E-state index in [9.17, 15) is 9.18 Å². The van der Waals surface area contributed by atoms with Crippen molar-refractivity contribution in [2.75, 3.05) is 6.54 Å². The number of hydrogen-bond donors (Lipinski definition) is 0. The maximum Gasteiger partial charge on any atom is 0.255 e. The first-order chi connectivity index (χ1) is 14.2. The smallest absolute Gasteiger partial charge is 0.255 e. The zero-order valence-corrected chi connectivity index (χ0v) is 16.1. The van der Waals surface area contributed by atoms with Crippen LogP contribution in [0.5, 0.6) is 0 Å². The summed E-state index contributed by atoms with van der Waals surface area (Å²) in [5.74, 6) is 0.301. The number of hydrogen-bond acceptors (Lipinski definition) is 5. The third kappa shape index (κ3) is 3.31. The third-order valence-electron chi connectivity index (χ3n) is 4.86. The molecule has 0 saturated carbocycles. The standard InChI is InChI=1S/C21H16FN5OS/c22-16-5-2-1-4-15(16)20-25-17-8-11-26(13-18(17)29-20)21(28)14-6-7-19(23-12-14)27-10-3-9-24-27/h1-7,9-10,12H,8,11,13H2. The maximum atomic E-state index is 14.1. The monoisotopic (exact) mass is 405 g/mol. The molecular formula is C21H16FN5OS. The van der Waals surface area contributed by atoms with Crippen molar-refractivity contribution in [3.8, 4) is 16.4 Å². The van der Waals surface area contributed by atoms with Crippen LogP contribution >= 0.6 is 11.3 Å². The van der Waals surface area contributed by atoms with Gasteiger partial charge in [-0.1, -0.05) is 12.1 Å². The molecule has 0 bridgehead atoms. The van der Waals surface area contributed by atoms with Gasteiger partial charge in [-0.15, -0.1) is 11.3 Å². The highest BCUT2D eigenvalue weighted by Gasteiger charge is 2.26. The predicted octanol–water partition coefficient (Wildman–Crippen LogP) is 3.73. The Morgan fingerprint density at radius 2 is 2.03 bits per heavy atom. The third-order valence-corrected chi connectivity index (χ3v) is 5.97. The summed E-state index contributed by atoms with van der Waals surface area (Å²) >= 11 is 1.45. The van der Waals surface area contributed by atoms with E-state index in [1.165, 1.54) is 17.4 Å². The molecule has 0 spiro atoms. The van der Waals surface area contributed by atoms with Gasteiger partial charge >= 0.3 is 0 Å². The molecule has 29 heavy (non-hydrogen) atoms. The molecule has 144 valence electrons. The molecule has 5 rings (SSSR count). The van der Waals surface area contributed by atoms with Crippen molar-refractivity contribution < 1.29 is 9.18 Å². The van der Waals surface area contributed by atoms with Gasteiger partial charge in [-0.05, 0) is 30.3 Å². The van der Waals surface area contributed by atoms with Crippen LogP contribution in [-0.4, -0.2) is 37.1 Å². The van der Waals surface area contributed by atoms with E-state index in [-0.39, 0.29) is 11.7 Å². The van der Waals surface area contributed by atoms with Crippen molar-refractivity contribution in [2.45, 2.75) is 13.0 Å². The first kappa shape index (κ1) is 17.7. The largest absolute Gasteiger partial charge is 0.333 e. The number of rotatable bonds is 3. The Morgan fingerprint density at radius 1 is 1.14 bits per heavy atom. The van der Waals surface area contributed by atoms with Gasteiger partial charge in [0.05, 0.1) is 17.8 Å². The van der Waals surface area contributed by atoms with Gasteiger partial charge in [0.25, 0.3) is 5.91 Å². The van der Waals surface area contributed by atoms with Crippen LogP contribution in [0.2, 0.25) is 0 Å². The van der Waals surface area contributed by atoms with E-state index in [1.54, 1.807) is 58.5 Å². The van der Waals surface area contributed by atoms with Gasteiger partial charge in [0, 0.05) is 42.0 Å². The number of halogens is 1. The number of thiazole rings is 1. The Hall–Kier alpha value is -3.39. The minimum Gasteiger partial charge on any atom is -0.333 e. The highest BCUT2D eigenvalue weighted by atomic mass is 32.1. The number of carbonyl (C=O) groups is 1. The average Bonchev–Trinajstić information content (AvgIpc) is 3.43. The molecule has 0 aliphatic carbocycles. The lowest BCUT2D eigenvalue weighted by atomic mass is 10.1. The van der Waals surface area contributed by atoms with Gasteiger partial charge in [0.1, 0.15) is 10.8 Å². The number of carbonyl (C=O) groups excluding carboxylic acids is 1. The number of amides is 1. The first-order valence-electron chi connectivity index (χ1n) is 9.18. The van der Waals surface area contributed by atoms with Gasteiger partial charge in [-0.3, -0.25) is 4.79 Å². The zero-order chi connectivity index (χ0) is 19.8. The maximum absolute atomic E-state index is 14.1. The Balaban J connectivity index is 1.35. The summed E-state index contributed by atoms with van der Waals surface area (Å²) in [4.78, 5) is 24.7. The molecule has 0 unspecified atom stereocenters. The summed E-state index contributed by atoms with van der Waals surface area (Å²) < 4.78 is 15.7. The molecule has 8 heteroatoms. The lowest BCUT2D eigenvalue weighted by Crippen LogP contribution is -2.35. The van der Waals surface area contributed by atoms with Crippen LogP contribution in [0.25, 0.3) is 16.4 Å². The Kier molecular flexibility index (Phi) is 4.40. The number of aromatic nitrogens is 4. The van der Waals surface area contributed by atoms with E-state index in [0.717, 1.165) is 10.6 Å². The normalized spacial score (nSPS) is 13.3. The molecule has 4 heterocycles. The lowest BCUT2D eigenvalue weighted by Gasteiger charge is -2.26. The molecular weight excluding hydrogens is 389 g/mol. The Morgan fingerprint density at radius 3 is 2.79 bits per heavy atom. The molecule has 0 fully saturated rings. The van der Waals surface area contributed by atoms with Crippen LogP contribution in [0.3, 0.4) is 0 Å². The summed E-state index contributed by atoms with van der Waals surface area (Å²) in [6.07, 6.45) is 5.71. The summed E-state index contributed by atoms with van der Waals surface area (Å²) in [7, 11) is 0. The minimum atomic E-state index is -0.283. The van der Waals surface area contributed by atoms with Crippen LogP contribution in [0.15, 0.2) is 61.1 Å². The Labute approximate surface area is 170 Å². The molecule has 0 atom stereocenters. The molecule has 0 N–H and O–H groups in total. The van der Waals surface area contributed by atoms with E-state index in [0.29, 0.717) is 41.5 Å².